The molecule has 2 N–H and O–H groups in total. The van der Waals surface area contributed by atoms with E-state index in [-0.39, 0.29) is 5.91 Å². The van der Waals surface area contributed by atoms with E-state index in [9.17, 15) is 4.79 Å². The van der Waals surface area contributed by atoms with Gasteiger partial charge in [0.2, 0.25) is 5.91 Å². The number of aromatic nitrogens is 1. The molecule has 1 atom stereocenters. The number of pyridine rings is 1. The number of aliphatic hydroxyl groups excluding tert-OH is 1. The predicted octanol–water partition coefficient (Wildman–Crippen LogP) is 1.95. The molecule has 0 spiro atoms. The molecule has 0 radical (unpaired) electrons. The van der Waals surface area contributed by atoms with Gasteiger partial charge in [0.05, 0.1) is 5.02 Å². The van der Waals surface area contributed by atoms with Crippen LogP contribution in [0.15, 0.2) is 23.9 Å². The zero-order valence-electron chi connectivity index (χ0n) is 12.3. The molecule has 0 saturated heterocycles. The molecule has 0 aromatic carbocycles. The number of anilines is 1. The van der Waals surface area contributed by atoms with Crippen LogP contribution in [0.3, 0.4) is 0 Å². The second-order valence-corrected chi connectivity index (χ2v) is 5.10. The van der Waals surface area contributed by atoms with Crippen molar-refractivity contribution in [3.63, 3.8) is 0 Å². The average Bonchev–Trinajstić information content (AvgIpc) is 2.56. The normalized spacial score (nSPS) is 14.0. The third-order valence-electron chi connectivity index (χ3n) is 3.22. The number of carbonyl (C=O) groups excluding carboxylic acids is 1. The lowest BCUT2D eigenvalue weighted by molar-refractivity contribution is -0.115. The van der Waals surface area contributed by atoms with E-state index in [0.717, 1.165) is 37.0 Å². The van der Waals surface area contributed by atoms with Crippen molar-refractivity contribution in [1.82, 2.24) is 10.1 Å². The molecule has 7 heteroatoms. The van der Waals surface area contributed by atoms with Crippen LogP contribution in [0.2, 0.25) is 5.02 Å². The van der Waals surface area contributed by atoms with Crippen LogP contribution in [0.4, 0.5) is 5.82 Å². The Morgan fingerprint density at radius 1 is 1.57 bits per heavy atom. The molecule has 1 aromatic heterocycles. The number of halogens is 1. The highest BCUT2D eigenvalue weighted by atomic mass is 35.5. The quantitative estimate of drug-likeness (QED) is 0.832. The molecule has 1 amide bonds. The highest BCUT2D eigenvalue weighted by molar-refractivity contribution is 7.15. The van der Waals surface area contributed by atoms with Gasteiger partial charge < -0.3 is 15.1 Å². The maximum absolute atomic E-state index is 11.5. The summed E-state index contributed by atoms with van der Waals surface area (Å²) in [5.74, 6) is 0.755. The van der Waals surface area contributed by atoms with Crippen LogP contribution >= 0.6 is 21.0 Å². The molecule has 1 unspecified atom stereocenters. The fraction of sp³-hybridized carbons (Fsp3) is 0.429. The number of hydrogen-bond donors (Lipinski definition) is 2. The van der Waals surface area contributed by atoms with Gasteiger partial charge in [-0.2, -0.15) is 0 Å². The van der Waals surface area contributed by atoms with Gasteiger partial charge in [0.25, 0.3) is 0 Å². The number of aryl methyl sites for hydroxylation is 1. The maximum atomic E-state index is 11.5. The van der Waals surface area contributed by atoms with E-state index in [1.54, 1.807) is 0 Å². The highest BCUT2D eigenvalue weighted by Gasteiger charge is 2.18. The summed E-state index contributed by atoms with van der Waals surface area (Å²) in [6.07, 6.45) is 5.41. The van der Waals surface area contributed by atoms with Gasteiger partial charge in [0.15, 0.2) is 0 Å². The molecular weight excluding hydrogens is 309 g/mol. The first-order valence-electron chi connectivity index (χ1n) is 6.69. The fourth-order valence-corrected chi connectivity index (χ4v) is 2.55. The van der Waals surface area contributed by atoms with Gasteiger partial charge in [-0.25, -0.2) is 4.98 Å². The number of nitrogens with zero attached hydrogens (tertiary/aromatic N) is 2. The van der Waals surface area contributed by atoms with Crippen molar-refractivity contribution in [1.29, 1.82) is 0 Å². The smallest absolute Gasteiger partial charge is 0.249 e. The number of amides is 1. The van der Waals surface area contributed by atoms with Crippen LogP contribution in [-0.4, -0.2) is 36.2 Å². The van der Waals surface area contributed by atoms with Gasteiger partial charge in [-0.05, 0) is 33.9 Å². The van der Waals surface area contributed by atoms with Gasteiger partial charge in [-0.3, -0.25) is 4.79 Å². The molecule has 1 aromatic rings. The summed E-state index contributed by atoms with van der Waals surface area (Å²) in [6, 6.07) is 1.96. The van der Waals surface area contributed by atoms with Gasteiger partial charge in [0, 0.05) is 32.0 Å². The van der Waals surface area contributed by atoms with Crippen molar-refractivity contribution < 1.29 is 9.90 Å². The van der Waals surface area contributed by atoms with Crippen LogP contribution in [-0.2, 0) is 11.2 Å². The molecule has 0 aliphatic carbocycles. The SMILES string of the molecule is CCc1cnc(N2CC=C(C(=O)NP)CC2)c(Cl)c1.CO. The van der Waals surface area contributed by atoms with Crippen molar-refractivity contribution in [2.75, 3.05) is 25.1 Å². The van der Waals surface area contributed by atoms with E-state index in [1.165, 1.54) is 0 Å². The summed E-state index contributed by atoms with van der Waals surface area (Å²) >= 11 is 6.26. The summed E-state index contributed by atoms with van der Waals surface area (Å²) in [5.41, 5.74) is 1.94. The zero-order chi connectivity index (χ0) is 15.8. The Morgan fingerprint density at radius 2 is 2.29 bits per heavy atom. The molecule has 2 rings (SSSR count). The summed E-state index contributed by atoms with van der Waals surface area (Å²) in [7, 11) is 3.23. The molecule has 1 aliphatic heterocycles. The number of nitrogens with one attached hydrogen (secondary N) is 1. The van der Waals surface area contributed by atoms with Gasteiger partial charge in [0.1, 0.15) is 5.82 Å². The second kappa shape index (κ2) is 8.98. The standard InChI is InChI=1S/C13H17ClN3OP.CH4O/c1-2-9-7-11(14)12(15-8-9)17-5-3-10(4-6-17)13(18)16-19;1-2/h3,7-8H,2,4-6,19H2,1H3,(H,16,18);2H,1H3. The summed E-state index contributed by atoms with van der Waals surface area (Å²) < 4.78 is 0. The van der Waals surface area contributed by atoms with E-state index < -0.39 is 0 Å². The maximum Gasteiger partial charge on any atom is 0.249 e. The van der Waals surface area contributed by atoms with Crippen LogP contribution in [0.5, 0.6) is 0 Å². The molecule has 21 heavy (non-hydrogen) atoms. The predicted molar refractivity (Wildman–Crippen MR) is 89.5 cm³/mol. The second-order valence-electron chi connectivity index (χ2n) is 4.40. The van der Waals surface area contributed by atoms with Gasteiger partial charge in [-0.1, -0.05) is 24.6 Å². The molecule has 2 heterocycles. The van der Waals surface area contributed by atoms with E-state index >= 15 is 0 Å². The Morgan fingerprint density at radius 3 is 2.76 bits per heavy atom. The summed E-state index contributed by atoms with van der Waals surface area (Å²) in [5, 5.41) is 10.2. The highest BCUT2D eigenvalue weighted by Crippen LogP contribution is 2.26. The minimum absolute atomic E-state index is 0.0370. The molecule has 1 aliphatic rings. The van der Waals surface area contributed by atoms with Crippen LogP contribution < -0.4 is 9.99 Å². The van der Waals surface area contributed by atoms with Crippen molar-refractivity contribution in [2.24, 2.45) is 0 Å². The lowest BCUT2D eigenvalue weighted by atomic mass is 10.1. The van der Waals surface area contributed by atoms with Crippen LogP contribution in [0.1, 0.15) is 18.9 Å². The first-order chi connectivity index (χ1) is 10.2. The van der Waals surface area contributed by atoms with E-state index in [2.05, 4.69) is 31.3 Å². The molecule has 0 fully saturated rings. The number of aliphatic hydroxyl groups is 1. The first-order valence-corrected chi connectivity index (χ1v) is 7.65. The number of rotatable bonds is 3. The molecular formula is C14H21ClN3O2P. The van der Waals surface area contributed by atoms with E-state index in [0.29, 0.717) is 18.0 Å². The lowest BCUT2D eigenvalue weighted by Gasteiger charge is -2.27. The minimum atomic E-state index is -0.0370. The topological polar surface area (TPSA) is 65.5 Å². The van der Waals surface area contributed by atoms with E-state index in [1.807, 2.05) is 18.3 Å². The molecule has 0 bridgehead atoms. The lowest BCUT2D eigenvalue weighted by Crippen LogP contribution is -2.32. The Kier molecular flexibility index (Phi) is 7.65. The molecule has 0 saturated carbocycles. The Bertz CT molecular complexity index is 523. The van der Waals surface area contributed by atoms with Crippen molar-refractivity contribution in [3.05, 3.63) is 34.5 Å². The average molecular weight is 330 g/mol. The zero-order valence-corrected chi connectivity index (χ0v) is 14.2. The number of carbonyl (C=O) groups is 1. The van der Waals surface area contributed by atoms with Crippen molar-refractivity contribution in [2.45, 2.75) is 19.8 Å². The Labute approximate surface area is 132 Å². The van der Waals surface area contributed by atoms with Gasteiger partial charge in [-0.15, -0.1) is 0 Å². The van der Waals surface area contributed by atoms with Gasteiger partial charge >= 0.3 is 0 Å². The Balaban J connectivity index is 0.00000106. The van der Waals surface area contributed by atoms with Crippen LogP contribution in [0.25, 0.3) is 0 Å². The number of hydrogen-bond acceptors (Lipinski definition) is 4. The minimum Gasteiger partial charge on any atom is -0.400 e. The summed E-state index contributed by atoms with van der Waals surface area (Å²) in [4.78, 5) is 18.0. The van der Waals surface area contributed by atoms with Crippen LogP contribution in [0, 0.1) is 0 Å². The Hall–Kier alpha value is -1.16. The molecule has 5 nitrogen and oxygen atoms in total. The fourth-order valence-electron chi connectivity index (χ4n) is 2.06. The third kappa shape index (κ3) is 4.67. The largest absolute Gasteiger partial charge is 0.400 e. The third-order valence-corrected chi connectivity index (χ3v) is 3.76. The van der Waals surface area contributed by atoms with Crippen molar-refractivity contribution >= 4 is 32.7 Å². The van der Waals surface area contributed by atoms with Crippen molar-refractivity contribution in [3.8, 4) is 0 Å². The monoisotopic (exact) mass is 329 g/mol. The first kappa shape index (κ1) is 17.9. The summed E-state index contributed by atoms with van der Waals surface area (Å²) in [6.45, 7) is 3.48. The molecule has 116 valence electrons. The van der Waals surface area contributed by atoms with E-state index in [4.69, 9.17) is 16.7 Å².